The van der Waals surface area contributed by atoms with Crippen LogP contribution in [0.1, 0.15) is 40.0 Å². The topological polar surface area (TPSA) is 87.7 Å². The van der Waals surface area contributed by atoms with E-state index in [9.17, 15) is 19.2 Å². The molecule has 4 aliphatic rings. The molecule has 4 amide bonds. The highest BCUT2D eigenvalue weighted by Crippen LogP contribution is 2.56. The molecule has 7 rings (SSSR count). The van der Waals surface area contributed by atoms with Crippen LogP contribution in [0.25, 0.3) is 10.9 Å². The summed E-state index contributed by atoms with van der Waals surface area (Å²) in [6, 6.07) is 13.7. The molecule has 162 valence electrons. The lowest BCUT2D eigenvalue weighted by atomic mass is 9.81. The van der Waals surface area contributed by atoms with Gasteiger partial charge < -0.3 is 0 Å². The fraction of sp³-hybridized carbons (Fsp3) is 0.269. The highest BCUT2D eigenvalue weighted by Gasteiger charge is 2.61. The fourth-order valence-electron chi connectivity index (χ4n) is 6.52. The summed E-state index contributed by atoms with van der Waals surface area (Å²) in [5.41, 5.74) is 1.81. The van der Waals surface area contributed by atoms with Crippen LogP contribution in [0.2, 0.25) is 0 Å². The third-order valence-electron chi connectivity index (χ3n) is 7.91. The Morgan fingerprint density at radius 1 is 0.758 bits per heavy atom. The van der Waals surface area contributed by atoms with Crippen molar-refractivity contribution in [3.63, 3.8) is 0 Å². The number of benzene rings is 2. The van der Waals surface area contributed by atoms with E-state index >= 15 is 0 Å². The number of amides is 4. The largest absolute Gasteiger partial charge is 0.274 e. The Kier molecular flexibility index (Phi) is 3.59. The van der Waals surface area contributed by atoms with Crippen LogP contribution in [-0.2, 0) is 9.59 Å². The minimum absolute atomic E-state index is 0.163. The molecule has 3 aromatic rings. The smallest absolute Gasteiger partial charge is 0.266 e. The van der Waals surface area contributed by atoms with Crippen LogP contribution in [0.5, 0.6) is 0 Å². The molecule has 2 aliphatic carbocycles. The van der Waals surface area contributed by atoms with Gasteiger partial charge in [-0.3, -0.25) is 29.1 Å². The summed E-state index contributed by atoms with van der Waals surface area (Å²) in [5.74, 6) is -1.14. The monoisotopic (exact) mass is 437 g/mol. The van der Waals surface area contributed by atoms with Gasteiger partial charge in [-0.1, -0.05) is 18.2 Å². The first-order valence-electron chi connectivity index (χ1n) is 11.3. The number of fused-ring (bicyclic) bond motifs is 7. The molecular weight excluding hydrogens is 418 g/mol. The molecule has 0 radical (unpaired) electrons. The number of imide groups is 2. The van der Waals surface area contributed by atoms with Gasteiger partial charge in [0.05, 0.1) is 39.9 Å². The summed E-state index contributed by atoms with van der Waals surface area (Å²) in [6.07, 6.45) is 4.59. The zero-order valence-electron chi connectivity index (χ0n) is 17.6. The highest BCUT2D eigenvalue weighted by atomic mass is 16.2. The van der Waals surface area contributed by atoms with Crippen LogP contribution in [0.3, 0.4) is 0 Å². The zero-order valence-corrected chi connectivity index (χ0v) is 17.6. The second-order valence-corrected chi connectivity index (χ2v) is 9.42. The molecule has 33 heavy (non-hydrogen) atoms. The summed E-state index contributed by atoms with van der Waals surface area (Å²) >= 11 is 0. The quantitative estimate of drug-likeness (QED) is 0.572. The minimum Gasteiger partial charge on any atom is -0.274 e. The van der Waals surface area contributed by atoms with Gasteiger partial charge in [0.1, 0.15) is 0 Å². The number of nitrogens with zero attached hydrogens (tertiary/aromatic N) is 3. The number of anilines is 2. The molecule has 2 aromatic carbocycles. The third kappa shape index (κ3) is 2.31. The maximum absolute atomic E-state index is 13.4. The van der Waals surface area contributed by atoms with Crippen molar-refractivity contribution in [2.45, 2.75) is 19.3 Å². The van der Waals surface area contributed by atoms with Crippen molar-refractivity contribution in [2.24, 2.45) is 23.7 Å². The SMILES string of the molecule is O=C1[C@@H]2[C@@H]3CC[C@@H](C3)[C@@H]2C(=O)N1c1ccc2c(c1)C(=O)N(c1cccc3cccnc13)C2=O. The van der Waals surface area contributed by atoms with E-state index in [1.165, 1.54) is 11.0 Å². The van der Waals surface area contributed by atoms with E-state index in [0.717, 1.165) is 29.5 Å². The first-order valence-corrected chi connectivity index (χ1v) is 11.3. The highest BCUT2D eigenvalue weighted by molar-refractivity contribution is 6.36. The lowest BCUT2D eigenvalue weighted by Crippen LogP contribution is -2.33. The van der Waals surface area contributed by atoms with Crippen molar-refractivity contribution < 1.29 is 19.2 Å². The van der Waals surface area contributed by atoms with Gasteiger partial charge in [0, 0.05) is 11.6 Å². The van der Waals surface area contributed by atoms with Gasteiger partial charge in [0.15, 0.2) is 0 Å². The average molecular weight is 437 g/mol. The second kappa shape index (κ2) is 6.34. The lowest BCUT2D eigenvalue weighted by molar-refractivity contribution is -0.123. The number of aromatic nitrogens is 1. The van der Waals surface area contributed by atoms with Crippen molar-refractivity contribution in [3.8, 4) is 0 Å². The summed E-state index contributed by atoms with van der Waals surface area (Å²) in [5, 5.41) is 0.821. The standard InChI is InChI=1S/C26H19N3O4/c30-23-17-9-8-16(28-25(32)20-14-6-7-15(11-14)21(20)26(28)33)12-18(17)24(31)29(23)19-5-1-3-13-4-2-10-27-22(13)19/h1-5,8-10,12,14-15,20-21H,6-7,11H2/t14-,15+,20-,21+. The maximum atomic E-state index is 13.4. The van der Waals surface area contributed by atoms with Gasteiger partial charge in [0.2, 0.25) is 11.8 Å². The molecule has 7 nitrogen and oxygen atoms in total. The fourth-order valence-corrected chi connectivity index (χ4v) is 6.52. The third-order valence-corrected chi connectivity index (χ3v) is 7.91. The Labute approximate surface area is 189 Å². The molecule has 0 spiro atoms. The van der Waals surface area contributed by atoms with Gasteiger partial charge in [-0.25, -0.2) is 4.90 Å². The number of hydrogen-bond acceptors (Lipinski definition) is 5. The molecule has 4 atom stereocenters. The van der Waals surface area contributed by atoms with Crippen LogP contribution in [0, 0.1) is 23.7 Å². The van der Waals surface area contributed by atoms with Gasteiger partial charge in [-0.15, -0.1) is 0 Å². The van der Waals surface area contributed by atoms with Crippen molar-refractivity contribution in [1.82, 2.24) is 4.98 Å². The van der Waals surface area contributed by atoms with E-state index in [2.05, 4.69) is 4.98 Å². The number of rotatable bonds is 2. The van der Waals surface area contributed by atoms with Gasteiger partial charge in [0.25, 0.3) is 11.8 Å². The number of hydrogen-bond donors (Lipinski definition) is 0. The Balaban J connectivity index is 1.29. The molecule has 2 aliphatic heterocycles. The average Bonchev–Trinajstić information content (AvgIpc) is 3.57. The normalized spacial score (nSPS) is 27.8. The Morgan fingerprint density at radius 3 is 2.21 bits per heavy atom. The van der Waals surface area contributed by atoms with E-state index in [4.69, 9.17) is 0 Å². The van der Waals surface area contributed by atoms with Crippen molar-refractivity contribution in [2.75, 3.05) is 9.80 Å². The molecule has 2 bridgehead atoms. The van der Waals surface area contributed by atoms with Crippen LogP contribution >= 0.6 is 0 Å². The molecule has 1 saturated heterocycles. The van der Waals surface area contributed by atoms with Crippen LogP contribution in [0.15, 0.2) is 54.7 Å². The Morgan fingerprint density at radius 2 is 1.45 bits per heavy atom. The van der Waals surface area contributed by atoms with Crippen LogP contribution in [0.4, 0.5) is 11.4 Å². The molecule has 3 heterocycles. The van der Waals surface area contributed by atoms with Crippen LogP contribution < -0.4 is 9.80 Å². The van der Waals surface area contributed by atoms with E-state index < -0.39 is 11.8 Å². The summed E-state index contributed by atoms with van der Waals surface area (Å²) in [7, 11) is 0. The molecule has 3 fully saturated rings. The summed E-state index contributed by atoms with van der Waals surface area (Å²) in [6.45, 7) is 0. The van der Waals surface area contributed by atoms with Gasteiger partial charge in [-0.2, -0.15) is 0 Å². The predicted octanol–water partition coefficient (Wildman–Crippen LogP) is 3.57. The van der Waals surface area contributed by atoms with E-state index in [1.54, 1.807) is 36.5 Å². The van der Waals surface area contributed by atoms with Crippen molar-refractivity contribution >= 4 is 45.9 Å². The molecule has 1 aromatic heterocycles. The van der Waals surface area contributed by atoms with Gasteiger partial charge in [-0.05, 0) is 61.4 Å². The Hall–Kier alpha value is -3.87. The molecule has 0 unspecified atom stereocenters. The Bertz CT molecular complexity index is 1400. The molecule has 0 N–H and O–H groups in total. The van der Waals surface area contributed by atoms with Crippen molar-refractivity contribution in [3.05, 3.63) is 65.9 Å². The van der Waals surface area contributed by atoms with Gasteiger partial charge >= 0.3 is 0 Å². The lowest BCUT2D eigenvalue weighted by Gasteiger charge is -2.19. The first-order chi connectivity index (χ1) is 16.0. The second-order valence-electron chi connectivity index (χ2n) is 9.42. The zero-order chi connectivity index (χ0) is 22.4. The maximum Gasteiger partial charge on any atom is 0.266 e. The molecule has 7 heteroatoms. The number of para-hydroxylation sites is 1. The van der Waals surface area contributed by atoms with Crippen LogP contribution in [-0.4, -0.2) is 28.6 Å². The molecule has 2 saturated carbocycles. The van der Waals surface area contributed by atoms with E-state index in [1.807, 2.05) is 12.1 Å². The number of pyridine rings is 1. The van der Waals surface area contributed by atoms with E-state index in [-0.39, 0.29) is 46.6 Å². The number of carbonyl (C=O) groups is 4. The summed E-state index contributed by atoms with van der Waals surface area (Å²) < 4.78 is 0. The first kappa shape index (κ1) is 18.7. The predicted molar refractivity (Wildman–Crippen MR) is 120 cm³/mol. The summed E-state index contributed by atoms with van der Waals surface area (Å²) in [4.78, 5) is 59.7. The van der Waals surface area contributed by atoms with E-state index in [0.29, 0.717) is 16.9 Å². The minimum atomic E-state index is -0.477. The molecular formula is C26H19N3O4. The number of carbonyl (C=O) groups excluding carboxylic acids is 4. The van der Waals surface area contributed by atoms with Crippen molar-refractivity contribution in [1.29, 1.82) is 0 Å².